The van der Waals surface area contributed by atoms with Gasteiger partial charge in [-0.15, -0.1) is 0 Å². The van der Waals surface area contributed by atoms with Gasteiger partial charge in [-0.25, -0.2) is 13.1 Å². The van der Waals surface area contributed by atoms with Crippen molar-refractivity contribution in [3.63, 3.8) is 0 Å². The number of benzene rings is 2. The minimum absolute atomic E-state index is 0.0654. The molecule has 0 aliphatic rings. The molecule has 31 heavy (non-hydrogen) atoms. The van der Waals surface area contributed by atoms with Gasteiger partial charge in [0.1, 0.15) is 0 Å². The first kappa shape index (κ1) is 22.3. The summed E-state index contributed by atoms with van der Waals surface area (Å²) in [7, 11) is -3.34. The molecule has 8 heteroatoms. The van der Waals surface area contributed by atoms with Crippen molar-refractivity contribution in [1.82, 2.24) is 9.78 Å². The number of sulfonamides is 1. The van der Waals surface area contributed by atoms with Crippen molar-refractivity contribution in [3.8, 4) is 5.69 Å². The minimum Gasteiger partial charge on any atom is -0.323 e. The second-order valence-corrected chi connectivity index (χ2v) is 8.99. The Labute approximate surface area is 182 Å². The van der Waals surface area contributed by atoms with Gasteiger partial charge in [-0.3, -0.25) is 9.52 Å². The van der Waals surface area contributed by atoms with E-state index in [0.717, 1.165) is 22.6 Å². The first-order valence-corrected chi connectivity index (χ1v) is 11.7. The highest BCUT2D eigenvalue weighted by Gasteiger charge is 2.11. The van der Waals surface area contributed by atoms with Gasteiger partial charge < -0.3 is 5.32 Å². The van der Waals surface area contributed by atoms with Gasteiger partial charge in [0, 0.05) is 28.7 Å². The number of carbonyl (C=O) groups excluding carboxylic acids is 1. The topological polar surface area (TPSA) is 93.1 Å². The Morgan fingerprint density at radius 3 is 2.32 bits per heavy atom. The Morgan fingerprint density at radius 2 is 1.68 bits per heavy atom. The molecule has 0 saturated carbocycles. The number of nitrogens with one attached hydrogen (secondary N) is 2. The van der Waals surface area contributed by atoms with Crippen LogP contribution in [0, 0.1) is 13.8 Å². The predicted octanol–water partition coefficient (Wildman–Crippen LogP) is 4.29. The van der Waals surface area contributed by atoms with Crippen molar-refractivity contribution in [3.05, 3.63) is 77.6 Å². The average Bonchev–Trinajstić information content (AvgIpc) is 3.02. The van der Waals surface area contributed by atoms with Crippen LogP contribution in [0.3, 0.4) is 0 Å². The lowest BCUT2D eigenvalue weighted by molar-refractivity contribution is -0.111. The van der Waals surface area contributed by atoms with E-state index in [1.807, 2.05) is 48.9 Å². The fourth-order valence-electron chi connectivity index (χ4n) is 3.18. The normalized spacial score (nSPS) is 11.6. The molecule has 1 aromatic heterocycles. The van der Waals surface area contributed by atoms with Gasteiger partial charge in [0.2, 0.25) is 15.9 Å². The van der Waals surface area contributed by atoms with Crippen LogP contribution in [0.15, 0.2) is 60.7 Å². The molecule has 2 N–H and O–H groups in total. The number of carbonyl (C=O) groups is 1. The highest BCUT2D eigenvalue weighted by Crippen LogP contribution is 2.19. The van der Waals surface area contributed by atoms with Crippen LogP contribution in [0.25, 0.3) is 11.8 Å². The summed E-state index contributed by atoms with van der Waals surface area (Å²) < 4.78 is 28.0. The number of aryl methyl sites for hydroxylation is 1. The summed E-state index contributed by atoms with van der Waals surface area (Å²) in [4.78, 5) is 12.3. The Hall–Kier alpha value is -3.39. The van der Waals surface area contributed by atoms with Crippen LogP contribution in [0.4, 0.5) is 11.4 Å². The van der Waals surface area contributed by atoms with E-state index in [-0.39, 0.29) is 11.7 Å². The van der Waals surface area contributed by atoms with Gasteiger partial charge in [-0.05, 0) is 62.7 Å². The monoisotopic (exact) mass is 438 g/mol. The van der Waals surface area contributed by atoms with Gasteiger partial charge in [0.05, 0.1) is 17.1 Å². The molecule has 0 spiro atoms. The quantitative estimate of drug-likeness (QED) is 0.513. The molecule has 0 aliphatic carbocycles. The second kappa shape index (κ2) is 9.61. The standard InChI is InChI=1S/C23H26N4O3S/c1-4-16-31(29,30)26-20-12-10-19(11-13-20)24-23(28)15-14-22-17(2)25-27(18(22)3)21-8-6-5-7-9-21/h5-15,26H,4,16H2,1-3H3,(H,24,28)/b15-14+. The maximum absolute atomic E-state index is 12.3. The number of amides is 1. The van der Waals surface area contributed by atoms with Crippen LogP contribution < -0.4 is 10.0 Å². The highest BCUT2D eigenvalue weighted by molar-refractivity contribution is 7.92. The summed E-state index contributed by atoms with van der Waals surface area (Å²) in [6.45, 7) is 5.67. The van der Waals surface area contributed by atoms with Gasteiger partial charge in [0.25, 0.3) is 0 Å². The zero-order valence-corrected chi connectivity index (χ0v) is 18.6. The average molecular weight is 439 g/mol. The molecule has 1 heterocycles. The van der Waals surface area contributed by atoms with Crippen molar-refractivity contribution in [2.75, 3.05) is 15.8 Å². The van der Waals surface area contributed by atoms with Crippen LogP contribution in [0.5, 0.6) is 0 Å². The Bertz CT molecular complexity index is 1180. The van der Waals surface area contributed by atoms with Crippen LogP contribution in [-0.2, 0) is 14.8 Å². The Morgan fingerprint density at radius 1 is 1.03 bits per heavy atom. The molecule has 0 fully saturated rings. The third kappa shape index (κ3) is 5.82. The van der Waals surface area contributed by atoms with Gasteiger partial charge >= 0.3 is 0 Å². The first-order valence-electron chi connectivity index (χ1n) is 10.0. The molecule has 162 valence electrons. The second-order valence-electron chi connectivity index (χ2n) is 7.15. The summed E-state index contributed by atoms with van der Waals surface area (Å²) in [5, 5.41) is 7.35. The molecule has 1 amide bonds. The molecule has 0 saturated heterocycles. The SMILES string of the molecule is CCCS(=O)(=O)Nc1ccc(NC(=O)/C=C/c2c(C)nn(-c3ccccc3)c2C)cc1. The van der Waals surface area contributed by atoms with E-state index in [1.165, 1.54) is 6.08 Å². The maximum atomic E-state index is 12.3. The molecule has 0 radical (unpaired) electrons. The van der Waals surface area contributed by atoms with E-state index in [4.69, 9.17) is 0 Å². The fraction of sp³-hybridized carbons (Fsp3) is 0.217. The van der Waals surface area contributed by atoms with E-state index in [9.17, 15) is 13.2 Å². The van der Waals surface area contributed by atoms with Crippen molar-refractivity contribution in [2.45, 2.75) is 27.2 Å². The van der Waals surface area contributed by atoms with Gasteiger partial charge in [0.15, 0.2) is 0 Å². The molecule has 0 atom stereocenters. The third-order valence-corrected chi connectivity index (χ3v) is 6.14. The van der Waals surface area contributed by atoms with E-state index >= 15 is 0 Å². The first-order chi connectivity index (χ1) is 14.8. The van der Waals surface area contributed by atoms with Gasteiger partial charge in [-0.1, -0.05) is 25.1 Å². The summed E-state index contributed by atoms with van der Waals surface area (Å²) in [5.41, 5.74) is 4.65. The lowest BCUT2D eigenvalue weighted by Gasteiger charge is -2.08. The lowest BCUT2D eigenvalue weighted by atomic mass is 10.2. The number of aromatic nitrogens is 2. The minimum atomic E-state index is -3.34. The predicted molar refractivity (Wildman–Crippen MR) is 125 cm³/mol. The van der Waals surface area contributed by atoms with Crippen molar-refractivity contribution >= 4 is 33.4 Å². The van der Waals surface area contributed by atoms with Gasteiger partial charge in [-0.2, -0.15) is 5.10 Å². The van der Waals surface area contributed by atoms with Crippen LogP contribution in [0.2, 0.25) is 0 Å². The van der Waals surface area contributed by atoms with E-state index in [1.54, 1.807) is 37.3 Å². The number of para-hydroxylation sites is 1. The molecular weight excluding hydrogens is 412 g/mol. The zero-order valence-electron chi connectivity index (χ0n) is 17.8. The fourth-order valence-corrected chi connectivity index (χ4v) is 4.32. The summed E-state index contributed by atoms with van der Waals surface area (Å²) in [5.74, 6) is -0.221. The molecule has 0 aliphatic heterocycles. The smallest absolute Gasteiger partial charge is 0.248 e. The maximum Gasteiger partial charge on any atom is 0.248 e. The molecule has 7 nitrogen and oxygen atoms in total. The summed E-state index contributed by atoms with van der Waals surface area (Å²) in [6.07, 6.45) is 3.75. The molecule has 3 aromatic rings. The van der Waals surface area contributed by atoms with E-state index in [0.29, 0.717) is 17.8 Å². The Balaban J connectivity index is 1.67. The molecule has 0 bridgehead atoms. The van der Waals surface area contributed by atoms with E-state index < -0.39 is 10.0 Å². The molecule has 3 rings (SSSR count). The number of hydrogen-bond donors (Lipinski definition) is 2. The molecular formula is C23H26N4O3S. The van der Waals surface area contributed by atoms with Crippen LogP contribution in [0.1, 0.15) is 30.3 Å². The Kier molecular flexibility index (Phi) is 6.91. The van der Waals surface area contributed by atoms with Crippen molar-refractivity contribution < 1.29 is 13.2 Å². The van der Waals surface area contributed by atoms with E-state index in [2.05, 4.69) is 15.1 Å². The number of rotatable bonds is 8. The molecule has 0 unspecified atom stereocenters. The number of nitrogens with zero attached hydrogens (tertiary/aromatic N) is 2. The van der Waals surface area contributed by atoms with Crippen molar-refractivity contribution in [2.24, 2.45) is 0 Å². The van der Waals surface area contributed by atoms with Crippen molar-refractivity contribution in [1.29, 1.82) is 0 Å². The van der Waals surface area contributed by atoms with Crippen LogP contribution in [-0.4, -0.2) is 29.9 Å². The van der Waals surface area contributed by atoms with Crippen LogP contribution >= 0.6 is 0 Å². The highest BCUT2D eigenvalue weighted by atomic mass is 32.2. The lowest BCUT2D eigenvalue weighted by Crippen LogP contribution is -2.16. The largest absolute Gasteiger partial charge is 0.323 e. The molecule has 2 aromatic carbocycles. The third-order valence-electron chi connectivity index (χ3n) is 4.65. The zero-order chi connectivity index (χ0) is 22.4. The summed E-state index contributed by atoms with van der Waals surface area (Å²) in [6, 6.07) is 16.3. The number of hydrogen-bond acceptors (Lipinski definition) is 4. The summed E-state index contributed by atoms with van der Waals surface area (Å²) >= 11 is 0. The number of anilines is 2.